The van der Waals surface area contributed by atoms with E-state index in [0.29, 0.717) is 12.2 Å². The highest BCUT2D eigenvalue weighted by Gasteiger charge is 2.37. The maximum absolute atomic E-state index is 13.4. The van der Waals surface area contributed by atoms with Crippen LogP contribution in [0.25, 0.3) is 11.0 Å². The molecule has 4 heterocycles. The Balaban J connectivity index is 1.19. The summed E-state index contributed by atoms with van der Waals surface area (Å²) in [5, 5.41) is 10.9. The number of amides is 1. The number of rotatable bonds is 3. The third-order valence-corrected chi connectivity index (χ3v) is 8.40. The molecule has 0 saturated carbocycles. The maximum Gasteiger partial charge on any atom is 0.253 e. The van der Waals surface area contributed by atoms with Gasteiger partial charge in [-0.1, -0.05) is 30.7 Å². The van der Waals surface area contributed by atoms with Crippen LogP contribution in [0.3, 0.4) is 0 Å². The highest BCUT2D eigenvalue weighted by molar-refractivity contribution is 5.97. The fraction of sp³-hybridized carbons (Fsp3) is 0.419. The van der Waals surface area contributed by atoms with Crippen LogP contribution in [0, 0.1) is 5.41 Å². The van der Waals surface area contributed by atoms with Gasteiger partial charge in [0.15, 0.2) is 0 Å². The molecule has 39 heavy (non-hydrogen) atoms. The first kappa shape index (κ1) is 25.5. The van der Waals surface area contributed by atoms with Crippen molar-refractivity contribution in [1.29, 1.82) is 0 Å². The Morgan fingerprint density at radius 2 is 1.82 bits per heavy atom. The lowest BCUT2D eigenvalue weighted by Gasteiger charge is -2.45. The quantitative estimate of drug-likeness (QED) is 0.411. The van der Waals surface area contributed by atoms with Gasteiger partial charge >= 0.3 is 0 Å². The number of carbonyl (C=O) groups is 1. The van der Waals surface area contributed by atoms with Gasteiger partial charge in [-0.15, -0.1) is 0 Å². The van der Waals surface area contributed by atoms with E-state index in [2.05, 4.69) is 55.6 Å². The van der Waals surface area contributed by atoms with E-state index >= 15 is 0 Å². The number of aromatic amines is 1. The summed E-state index contributed by atoms with van der Waals surface area (Å²) in [5.74, 6) is 1.10. The number of benzene rings is 2. The van der Waals surface area contributed by atoms with Crippen LogP contribution in [-0.4, -0.2) is 68.9 Å². The SMILES string of the molecule is O=C(c1ccc2n[nH]nc2c1)N1CCC2(CCCCc3ccccc3OCCN(Cc3cccnc3)C2)CC1. The number of ether oxygens (including phenoxy) is 1. The Kier molecular flexibility index (Phi) is 7.54. The first-order valence-corrected chi connectivity index (χ1v) is 14.1. The van der Waals surface area contributed by atoms with E-state index in [0.717, 1.165) is 75.2 Å². The summed E-state index contributed by atoms with van der Waals surface area (Å²) in [6.07, 6.45) is 10.3. The number of para-hydroxylation sites is 1. The lowest BCUT2D eigenvalue weighted by Crippen LogP contribution is -2.48. The van der Waals surface area contributed by atoms with Gasteiger partial charge < -0.3 is 9.64 Å². The minimum absolute atomic E-state index is 0.0835. The number of H-pyrrole nitrogens is 1. The molecule has 2 aromatic carbocycles. The van der Waals surface area contributed by atoms with Gasteiger partial charge in [-0.2, -0.15) is 15.4 Å². The summed E-state index contributed by atoms with van der Waals surface area (Å²) >= 11 is 0. The molecule has 2 aliphatic heterocycles. The van der Waals surface area contributed by atoms with E-state index in [-0.39, 0.29) is 11.3 Å². The molecular formula is C31H36N6O2. The van der Waals surface area contributed by atoms with Crippen molar-refractivity contribution in [1.82, 2.24) is 30.2 Å². The summed E-state index contributed by atoms with van der Waals surface area (Å²) in [7, 11) is 0. The molecule has 1 amide bonds. The van der Waals surface area contributed by atoms with E-state index in [9.17, 15) is 4.79 Å². The largest absolute Gasteiger partial charge is 0.492 e. The molecule has 1 spiro atoms. The number of hydrogen-bond donors (Lipinski definition) is 1. The zero-order chi connectivity index (χ0) is 26.5. The van der Waals surface area contributed by atoms with Crippen LogP contribution in [0.1, 0.15) is 53.6 Å². The summed E-state index contributed by atoms with van der Waals surface area (Å²) in [4.78, 5) is 22.3. The van der Waals surface area contributed by atoms with Crippen molar-refractivity contribution in [3.63, 3.8) is 0 Å². The predicted molar refractivity (Wildman–Crippen MR) is 150 cm³/mol. The Hall–Kier alpha value is -3.78. The molecule has 0 unspecified atom stereocenters. The predicted octanol–water partition coefficient (Wildman–Crippen LogP) is 4.88. The van der Waals surface area contributed by atoms with Crippen molar-refractivity contribution >= 4 is 16.9 Å². The van der Waals surface area contributed by atoms with Crippen molar-refractivity contribution in [2.45, 2.75) is 45.1 Å². The number of fused-ring (bicyclic) bond motifs is 2. The fourth-order valence-corrected chi connectivity index (χ4v) is 6.22. The molecule has 1 N–H and O–H groups in total. The summed E-state index contributed by atoms with van der Waals surface area (Å²) in [6, 6.07) is 18.2. The number of nitrogens with zero attached hydrogens (tertiary/aromatic N) is 5. The van der Waals surface area contributed by atoms with Crippen LogP contribution >= 0.6 is 0 Å². The molecule has 1 fully saturated rings. The summed E-state index contributed by atoms with van der Waals surface area (Å²) in [6.45, 7) is 4.90. The fourth-order valence-electron chi connectivity index (χ4n) is 6.22. The number of hydrogen-bond acceptors (Lipinski definition) is 6. The van der Waals surface area contributed by atoms with Gasteiger partial charge in [0.25, 0.3) is 5.91 Å². The third-order valence-electron chi connectivity index (χ3n) is 8.40. The van der Waals surface area contributed by atoms with E-state index in [1.807, 2.05) is 41.6 Å². The molecule has 8 heteroatoms. The lowest BCUT2D eigenvalue weighted by atomic mass is 9.73. The molecule has 202 valence electrons. The zero-order valence-electron chi connectivity index (χ0n) is 22.4. The first-order valence-electron chi connectivity index (χ1n) is 14.1. The second-order valence-corrected chi connectivity index (χ2v) is 11.1. The zero-order valence-corrected chi connectivity index (χ0v) is 22.4. The second-order valence-electron chi connectivity index (χ2n) is 11.1. The average molecular weight is 525 g/mol. The molecule has 2 aromatic heterocycles. The summed E-state index contributed by atoms with van der Waals surface area (Å²) < 4.78 is 6.30. The number of aryl methyl sites for hydroxylation is 1. The van der Waals surface area contributed by atoms with Crippen molar-refractivity contribution in [3.8, 4) is 5.75 Å². The monoisotopic (exact) mass is 524 g/mol. The average Bonchev–Trinajstić information content (AvgIpc) is 3.44. The van der Waals surface area contributed by atoms with Gasteiger partial charge in [-0.25, -0.2) is 0 Å². The van der Waals surface area contributed by atoms with Crippen molar-refractivity contribution in [2.24, 2.45) is 5.41 Å². The Morgan fingerprint density at radius 1 is 0.949 bits per heavy atom. The topological polar surface area (TPSA) is 87.2 Å². The number of piperidine rings is 1. The van der Waals surface area contributed by atoms with Crippen LogP contribution in [0.5, 0.6) is 5.75 Å². The second kappa shape index (κ2) is 11.5. The number of aromatic nitrogens is 4. The highest BCUT2D eigenvalue weighted by Crippen LogP contribution is 2.39. The first-order chi connectivity index (χ1) is 19.2. The highest BCUT2D eigenvalue weighted by atomic mass is 16.5. The van der Waals surface area contributed by atoms with E-state index < -0.39 is 0 Å². The van der Waals surface area contributed by atoms with Crippen LogP contribution in [0.15, 0.2) is 67.0 Å². The molecule has 1 saturated heterocycles. The van der Waals surface area contributed by atoms with Crippen LogP contribution < -0.4 is 4.74 Å². The minimum Gasteiger partial charge on any atom is -0.492 e. The number of nitrogens with one attached hydrogen (secondary N) is 1. The number of pyridine rings is 1. The standard InChI is InChI=1S/C31H36N6O2/c38-30(26-10-11-27-28(20-26)34-35-33-27)37-16-13-31(14-17-37)12-4-3-8-25-7-1-2-9-29(25)39-19-18-36(23-31)22-24-6-5-15-32-21-24/h1-2,5-7,9-11,15,20-21H,3-4,8,12-14,16-19,22-23H2,(H,33,34,35). The molecule has 0 atom stereocenters. The van der Waals surface area contributed by atoms with Crippen LogP contribution in [-0.2, 0) is 13.0 Å². The lowest BCUT2D eigenvalue weighted by molar-refractivity contribution is 0.0361. The minimum atomic E-state index is 0.0835. The molecule has 6 rings (SSSR count). The van der Waals surface area contributed by atoms with Crippen LogP contribution in [0.2, 0.25) is 0 Å². The number of carbonyl (C=O) groups excluding carboxylic acids is 1. The smallest absolute Gasteiger partial charge is 0.253 e. The van der Waals surface area contributed by atoms with E-state index in [1.54, 1.807) is 0 Å². The number of likely N-dealkylation sites (tertiary alicyclic amines) is 1. The molecule has 0 aliphatic carbocycles. The Bertz CT molecular complexity index is 1400. The summed E-state index contributed by atoms with van der Waals surface area (Å²) in [5.41, 5.74) is 4.88. The van der Waals surface area contributed by atoms with Crippen LogP contribution in [0.4, 0.5) is 0 Å². The third kappa shape index (κ3) is 5.96. The van der Waals surface area contributed by atoms with Gasteiger partial charge in [0.1, 0.15) is 23.4 Å². The molecule has 2 aliphatic rings. The van der Waals surface area contributed by atoms with E-state index in [1.165, 1.54) is 24.0 Å². The van der Waals surface area contributed by atoms with Gasteiger partial charge in [-0.3, -0.25) is 14.7 Å². The Labute approximate surface area is 229 Å². The normalized spacial score (nSPS) is 18.6. The molecule has 0 bridgehead atoms. The molecule has 4 aromatic rings. The Morgan fingerprint density at radius 3 is 2.69 bits per heavy atom. The van der Waals surface area contributed by atoms with Crippen molar-refractivity contribution < 1.29 is 9.53 Å². The van der Waals surface area contributed by atoms with E-state index in [4.69, 9.17) is 4.74 Å². The van der Waals surface area contributed by atoms with Gasteiger partial charge in [-0.05, 0) is 79.0 Å². The maximum atomic E-state index is 13.4. The van der Waals surface area contributed by atoms with Gasteiger partial charge in [0, 0.05) is 50.7 Å². The molecular weight excluding hydrogens is 488 g/mol. The van der Waals surface area contributed by atoms with Crippen molar-refractivity contribution in [3.05, 3.63) is 83.7 Å². The molecule has 8 nitrogen and oxygen atoms in total. The van der Waals surface area contributed by atoms with Crippen molar-refractivity contribution in [2.75, 3.05) is 32.8 Å². The molecule has 0 radical (unpaired) electrons. The van der Waals surface area contributed by atoms with Gasteiger partial charge in [0.05, 0.1) is 0 Å². The van der Waals surface area contributed by atoms with Gasteiger partial charge in [0.2, 0.25) is 0 Å².